The Bertz CT molecular complexity index is 79.1. The van der Waals surface area contributed by atoms with Gasteiger partial charge in [-0.15, -0.1) is 0 Å². The average Bonchev–Trinajstić information content (AvgIpc) is 1.65. The van der Waals surface area contributed by atoms with Gasteiger partial charge in [0.05, 0.1) is 0 Å². The summed E-state index contributed by atoms with van der Waals surface area (Å²) in [5.41, 5.74) is 1.09. The van der Waals surface area contributed by atoms with Crippen molar-refractivity contribution in [2.24, 2.45) is 0 Å². The molecule has 0 spiro atoms. The Morgan fingerprint density at radius 2 is 1.33 bits per heavy atom. The van der Waals surface area contributed by atoms with Gasteiger partial charge in [-0.05, 0) is 11.1 Å². The third kappa shape index (κ3) is 2.23. The van der Waals surface area contributed by atoms with Gasteiger partial charge < -0.3 is 4.80 Å². The first-order chi connectivity index (χ1) is 3.89. The lowest BCUT2D eigenvalue weighted by molar-refractivity contribution is 0.523. The zero-order valence-corrected chi connectivity index (χ0v) is 10.1. The van der Waals surface area contributed by atoms with Crippen LogP contribution in [0.4, 0.5) is 0 Å². The van der Waals surface area contributed by atoms with E-state index in [9.17, 15) is 4.80 Å². The lowest BCUT2D eigenvalue weighted by atomic mass is 10.5. The molecule has 56 valence electrons. The van der Waals surface area contributed by atoms with Crippen LogP contribution in [0.5, 0.6) is 0 Å². The Kier molecular flexibility index (Phi) is 3.12. The maximum absolute atomic E-state index is 9.87. The molecule has 0 unspecified atom stereocenters. The van der Waals surface area contributed by atoms with E-state index < -0.39 is 7.83 Å². The Labute approximate surface area is 61.8 Å². The second-order valence-electron chi connectivity index (χ2n) is 3.54. The van der Waals surface area contributed by atoms with Crippen LogP contribution in [-0.4, -0.2) is 22.4 Å². The van der Waals surface area contributed by atoms with Crippen LogP contribution in [0.15, 0.2) is 0 Å². The van der Waals surface area contributed by atoms with Crippen LogP contribution < -0.4 is 0 Å². The molecular weight excluding hydrogens is 144 g/mol. The number of hydrogen-bond acceptors (Lipinski definition) is 1. The number of hydrogen-bond donors (Lipinski definition) is 1. The van der Waals surface area contributed by atoms with E-state index in [1.165, 1.54) is 0 Å². The van der Waals surface area contributed by atoms with E-state index >= 15 is 0 Å². The van der Waals surface area contributed by atoms with E-state index in [0.717, 1.165) is 9.76 Å². The highest BCUT2D eigenvalue weighted by Gasteiger charge is 2.31. The minimum absolute atomic E-state index is 0.546. The monoisotopic (exact) mass is 162 g/mol. The molecule has 0 heterocycles. The Morgan fingerprint density at radius 3 is 1.33 bits per heavy atom. The molecule has 0 aliphatic rings. The van der Waals surface area contributed by atoms with Crippen molar-refractivity contribution < 1.29 is 4.80 Å². The van der Waals surface area contributed by atoms with E-state index in [1.807, 2.05) is 0 Å². The zero-order valence-electron chi connectivity index (χ0n) is 7.10. The van der Waals surface area contributed by atoms with Gasteiger partial charge in [-0.1, -0.05) is 27.7 Å². The van der Waals surface area contributed by atoms with Crippen molar-refractivity contribution in [2.45, 2.75) is 38.8 Å². The van der Waals surface area contributed by atoms with Gasteiger partial charge in [-0.2, -0.15) is 0 Å². The van der Waals surface area contributed by atoms with Crippen LogP contribution in [0.2, 0.25) is 11.1 Å². The van der Waals surface area contributed by atoms with Crippen LogP contribution in [0.25, 0.3) is 0 Å². The predicted octanol–water partition coefficient (Wildman–Crippen LogP) is 0.606. The molecule has 3 heteroatoms. The molecule has 0 aromatic rings. The molecule has 0 saturated heterocycles. The smallest absolute Gasteiger partial charge is 0.169 e. The molecule has 0 radical (unpaired) electrons. The zero-order chi connectivity index (χ0) is 7.65. The normalized spacial score (nSPS) is 13.7. The van der Waals surface area contributed by atoms with Gasteiger partial charge in [0.1, 0.15) is 0 Å². The van der Waals surface area contributed by atoms with E-state index in [-0.39, 0.29) is 0 Å². The van der Waals surface area contributed by atoms with Crippen molar-refractivity contribution in [1.82, 2.24) is 0 Å². The lowest BCUT2D eigenvalue weighted by Crippen LogP contribution is -2.42. The fourth-order valence-electron chi connectivity index (χ4n) is 0.667. The Morgan fingerprint density at radius 1 is 1.11 bits per heavy atom. The molecule has 0 aliphatic carbocycles. The first-order valence-corrected chi connectivity index (χ1v) is 9.21. The third-order valence-electron chi connectivity index (χ3n) is 2.34. The minimum atomic E-state index is -1.72. The van der Waals surface area contributed by atoms with Gasteiger partial charge >= 0.3 is 0 Å². The summed E-state index contributed by atoms with van der Waals surface area (Å²) in [7, 11) is -0.708. The van der Waals surface area contributed by atoms with Crippen molar-refractivity contribution >= 4 is 17.6 Å². The molecule has 0 aliphatic heterocycles. The second-order valence-corrected chi connectivity index (χ2v) is 13.1. The van der Waals surface area contributed by atoms with Crippen LogP contribution in [-0.2, 0) is 0 Å². The maximum Gasteiger partial charge on any atom is 0.169 e. The van der Waals surface area contributed by atoms with Gasteiger partial charge in [0, 0.05) is 9.76 Å². The standard InChI is InChI=1S/C6H18OSi2/c1-5(2)9(7,8)6(3)4/h5-7H,1-4,8H3. The summed E-state index contributed by atoms with van der Waals surface area (Å²) in [4.78, 5) is 9.87. The Balaban J connectivity index is 4.01. The lowest BCUT2D eigenvalue weighted by Gasteiger charge is -2.28. The van der Waals surface area contributed by atoms with Crippen LogP contribution >= 0.6 is 0 Å². The molecule has 0 fully saturated rings. The van der Waals surface area contributed by atoms with E-state index in [0.29, 0.717) is 11.1 Å². The van der Waals surface area contributed by atoms with Gasteiger partial charge in [0.25, 0.3) is 0 Å². The van der Waals surface area contributed by atoms with Gasteiger partial charge in [0.15, 0.2) is 7.83 Å². The van der Waals surface area contributed by atoms with E-state index in [4.69, 9.17) is 0 Å². The largest absolute Gasteiger partial charge is 0.435 e. The van der Waals surface area contributed by atoms with Crippen molar-refractivity contribution in [1.29, 1.82) is 0 Å². The molecule has 0 rings (SSSR count). The first-order valence-electron chi connectivity index (χ1n) is 3.61. The average molecular weight is 162 g/mol. The highest BCUT2D eigenvalue weighted by Crippen LogP contribution is 2.25. The molecule has 0 amide bonds. The predicted molar refractivity (Wildman–Crippen MR) is 48.1 cm³/mol. The van der Waals surface area contributed by atoms with Crippen LogP contribution in [0, 0.1) is 0 Å². The molecule has 0 bridgehead atoms. The molecule has 9 heavy (non-hydrogen) atoms. The number of rotatable bonds is 2. The summed E-state index contributed by atoms with van der Waals surface area (Å²) < 4.78 is 0. The van der Waals surface area contributed by atoms with Gasteiger partial charge in [0.2, 0.25) is 0 Å². The molecule has 0 saturated carbocycles. The first kappa shape index (κ1) is 9.39. The quantitative estimate of drug-likeness (QED) is 0.590. The summed E-state index contributed by atoms with van der Waals surface area (Å²) in [5.74, 6) is 0. The summed E-state index contributed by atoms with van der Waals surface area (Å²) in [6.45, 7) is 8.55. The SMILES string of the molecule is CC(C)[Si](O)([SiH3])C(C)C. The molecule has 0 aromatic heterocycles. The summed E-state index contributed by atoms with van der Waals surface area (Å²) in [6.07, 6.45) is 0. The van der Waals surface area contributed by atoms with Crippen molar-refractivity contribution in [2.75, 3.05) is 0 Å². The van der Waals surface area contributed by atoms with Gasteiger partial charge in [-0.25, -0.2) is 0 Å². The molecule has 0 aromatic carbocycles. The molecule has 1 nitrogen and oxygen atoms in total. The summed E-state index contributed by atoms with van der Waals surface area (Å²) in [6, 6.07) is 0. The van der Waals surface area contributed by atoms with E-state index in [1.54, 1.807) is 0 Å². The topological polar surface area (TPSA) is 20.2 Å². The Hall–Kier alpha value is 0.394. The highest BCUT2D eigenvalue weighted by molar-refractivity contribution is 7.14. The van der Waals surface area contributed by atoms with Crippen molar-refractivity contribution in [3.05, 3.63) is 0 Å². The van der Waals surface area contributed by atoms with Crippen molar-refractivity contribution in [3.8, 4) is 0 Å². The molecule has 0 atom stereocenters. The minimum Gasteiger partial charge on any atom is -0.435 e. The highest BCUT2D eigenvalue weighted by atomic mass is 29.2. The van der Waals surface area contributed by atoms with Crippen molar-refractivity contribution in [3.63, 3.8) is 0 Å². The fourth-order valence-corrected chi connectivity index (χ4v) is 2.00. The molecule has 1 N–H and O–H groups in total. The van der Waals surface area contributed by atoms with E-state index in [2.05, 4.69) is 27.7 Å². The summed E-state index contributed by atoms with van der Waals surface area (Å²) in [5, 5.41) is 0. The summed E-state index contributed by atoms with van der Waals surface area (Å²) >= 11 is 0. The van der Waals surface area contributed by atoms with Crippen LogP contribution in [0.1, 0.15) is 27.7 Å². The fraction of sp³-hybridized carbons (Fsp3) is 1.00. The third-order valence-corrected chi connectivity index (χ3v) is 13.9. The van der Waals surface area contributed by atoms with Gasteiger partial charge in [-0.3, -0.25) is 0 Å². The van der Waals surface area contributed by atoms with Crippen LogP contribution in [0.3, 0.4) is 0 Å². The molecular formula is C6H18OSi2. The second kappa shape index (κ2) is 2.99. The maximum atomic E-state index is 9.87.